The van der Waals surface area contributed by atoms with Crippen molar-refractivity contribution in [1.82, 2.24) is 30.0 Å². The lowest BCUT2D eigenvalue weighted by Crippen LogP contribution is -2.37. The number of aromatic nitrogens is 5. The Morgan fingerprint density at radius 1 is 1.17 bits per heavy atom. The fraction of sp³-hybridized carbons (Fsp3) is 0.450. The van der Waals surface area contributed by atoms with Gasteiger partial charge < -0.3 is 15.2 Å². The first kappa shape index (κ1) is 20.1. The highest BCUT2D eigenvalue weighted by atomic mass is 19.1. The van der Waals surface area contributed by atoms with Crippen molar-refractivity contribution in [2.45, 2.75) is 31.7 Å². The number of likely N-dealkylation sites (tertiary alicyclic amines) is 1. The average molecular weight is 412 g/mol. The molecule has 0 amide bonds. The summed E-state index contributed by atoms with van der Waals surface area (Å²) in [5.41, 5.74) is 6.61. The van der Waals surface area contributed by atoms with E-state index in [1.54, 1.807) is 12.1 Å². The summed E-state index contributed by atoms with van der Waals surface area (Å²) in [5, 5.41) is 4.08. The molecule has 158 valence electrons. The van der Waals surface area contributed by atoms with E-state index in [4.69, 9.17) is 10.3 Å². The summed E-state index contributed by atoms with van der Waals surface area (Å²) in [7, 11) is 3.74. The second-order valence-electron chi connectivity index (χ2n) is 7.72. The third kappa shape index (κ3) is 4.23. The summed E-state index contributed by atoms with van der Waals surface area (Å²) in [6.07, 6.45) is 1.95. The van der Waals surface area contributed by atoms with Crippen molar-refractivity contribution in [3.63, 3.8) is 0 Å². The summed E-state index contributed by atoms with van der Waals surface area (Å²) >= 11 is 0. The van der Waals surface area contributed by atoms with Crippen LogP contribution in [0.5, 0.6) is 0 Å². The van der Waals surface area contributed by atoms with Crippen LogP contribution >= 0.6 is 0 Å². The average Bonchev–Trinajstić information content (AvgIpc) is 3.23. The fourth-order valence-corrected chi connectivity index (χ4v) is 3.62. The van der Waals surface area contributed by atoms with E-state index in [1.165, 1.54) is 12.1 Å². The molecule has 1 aliphatic heterocycles. The molecule has 9 nitrogen and oxygen atoms in total. The predicted octanol–water partition coefficient (Wildman–Crippen LogP) is 2.65. The van der Waals surface area contributed by atoms with Gasteiger partial charge in [-0.1, -0.05) is 5.16 Å². The Hall–Kier alpha value is -3.14. The van der Waals surface area contributed by atoms with Crippen molar-refractivity contribution < 1.29 is 8.91 Å². The van der Waals surface area contributed by atoms with E-state index in [0.717, 1.165) is 31.5 Å². The number of hydrogen-bond acceptors (Lipinski definition) is 9. The van der Waals surface area contributed by atoms with Crippen LogP contribution in [-0.2, 0) is 0 Å². The molecule has 30 heavy (non-hydrogen) atoms. The Morgan fingerprint density at radius 2 is 1.93 bits per heavy atom. The van der Waals surface area contributed by atoms with Gasteiger partial charge in [0.25, 0.3) is 0 Å². The molecule has 2 atom stereocenters. The molecule has 1 saturated heterocycles. The van der Waals surface area contributed by atoms with Gasteiger partial charge in [0, 0.05) is 26.2 Å². The number of benzene rings is 1. The number of halogens is 1. The van der Waals surface area contributed by atoms with E-state index >= 15 is 0 Å². The Labute approximate surface area is 174 Å². The fourth-order valence-electron chi connectivity index (χ4n) is 3.62. The minimum atomic E-state index is -0.296. The molecule has 2 N–H and O–H groups in total. The standard InChI is InChI=1S/C20H25FN8O/c1-12(16-24-19(22)26-20(25-16)28(2)3)29-10-4-5-14(11-29)18-23-17(27-30-18)13-6-8-15(21)9-7-13/h6-9,12,14H,4-5,10-11H2,1-3H3,(H2,22,24,25,26). The Balaban J connectivity index is 1.50. The molecular weight excluding hydrogens is 387 g/mol. The number of hydrogen-bond donors (Lipinski definition) is 1. The molecule has 0 aliphatic carbocycles. The maximum Gasteiger partial charge on any atom is 0.231 e. The zero-order valence-electron chi connectivity index (χ0n) is 17.3. The van der Waals surface area contributed by atoms with Crippen LogP contribution in [0.4, 0.5) is 16.3 Å². The van der Waals surface area contributed by atoms with Crippen LogP contribution in [0.15, 0.2) is 28.8 Å². The van der Waals surface area contributed by atoms with E-state index in [1.807, 2.05) is 19.0 Å². The Morgan fingerprint density at radius 3 is 2.67 bits per heavy atom. The number of nitrogens with zero attached hydrogens (tertiary/aromatic N) is 7. The third-order valence-corrected chi connectivity index (χ3v) is 5.33. The van der Waals surface area contributed by atoms with Crippen molar-refractivity contribution in [2.24, 2.45) is 0 Å². The zero-order chi connectivity index (χ0) is 21.3. The SMILES string of the molecule is CC(c1nc(N)nc(N(C)C)n1)N1CCCC(c2nc(-c3ccc(F)cc3)no2)C1. The molecule has 2 aromatic heterocycles. The lowest BCUT2D eigenvalue weighted by molar-refractivity contribution is 0.140. The van der Waals surface area contributed by atoms with Gasteiger partial charge in [0.2, 0.25) is 23.6 Å². The van der Waals surface area contributed by atoms with Gasteiger partial charge in [-0.15, -0.1) is 0 Å². The smallest absolute Gasteiger partial charge is 0.231 e. The highest BCUT2D eigenvalue weighted by Gasteiger charge is 2.30. The first-order valence-corrected chi connectivity index (χ1v) is 9.93. The molecule has 1 fully saturated rings. The molecule has 1 aromatic carbocycles. The molecule has 0 spiro atoms. The summed E-state index contributed by atoms with van der Waals surface area (Å²) in [4.78, 5) is 21.7. The van der Waals surface area contributed by atoms with E-state index < -0.39 is 0 Å². The summed E-state index contributed by atoms with van der Waals surface area (Å²) in [5.74, 6) is 2.27. The predicted molar refractivity (Wildman–Crippen MR) is 110 cm³/mol. The Bertz CT molecular complexity index is 1010. The van der Waals surface area contributed by atoms with Crippen molar-refractivity contribution in [1.29, 1.82) is 0 Å². The van der Waals surface area contributed by atoms with Crippen molar-refractivity contribution in [2.75, 3.05) is 37.8 Å². The molecule has 0 radical (unpaired) electrons. The summed E-state index contributed by atoms with van der Waals surface area (Å²) < 4.78 is 18.7. The van der Waals surface area contributed by atoms with Crippen LogP contribution < -0.4 is 10.6 Å². The number of anilines is 2. The van der Waals surface area contributed by atoms with Gasteiger partial charge in [-0.2, -0.15) is 19.9 Å². The topological polar surface area (TPSA) is 110 Å². The summed E-state index contributed by atoms with van der Waals surface area (Å²) in [6, 6.07) is 6.03. The maximum atomic E-state index is 13.2. The van der Waals surface area contributed by atoms with Crippen LogP contribution in [0.3, 0.4) is 0 Å². The normalized spacial score (nSPS) is 18.3. The van der Waals surface area contributed by atoms with E-state index in [0.29, 0.717) is 23.5 Å². The number of piperidine rings is 1. The van der Waals surface area contributed by atoms with Gasteiger partial charge in [0.1, 0.15) is 5.82 Å². The second-order valence-corrected chi connectivity index (χ2v) is 7.72. The van der Waals surface area contributed by atoms with E-state index in [-0.39, 0.29) is 23.7 Å². The highest BCUT2D eigenvalue weighted by molar-refractivity contribution is 5.53. The highest BCUT2D eigenvalue weighted by Crippen LogP contribution is 2.31. The molecule has 0 saturated carbocycles. The van der Waals surface area contributed by atoms with E-state index in [2.05, 4.69) is 36.9 Å². The monoisotopic (exact) mass is 412 g/mol. The molecule has 0 bridgehead atoms. The minimum Gasteiger partial charge on any atom is -0.368 e. The third-order valence-electron chi connectivity index (χ3n) is 5.33. The van der Waals surface area contributed by atoms with Crippen molar-refractivity contribution in [3.8, 4) is 11.4 Å². The first-order chi connectivity index (χ1) is 14.4. The zero-order valence-corrected chi connectivity index (χ0v) is 17.3. The quantitative estimate of drug-likeness (QED) is 0.676. The van der Waals surface area contributed by atoms with Gasteiger partial charge in [0.15, 0.2) is 5.82 Å². The maximum absolute atomic E-state index is 13.2. The molecule has 4 rings (SSSR count). The van der Waals surface area contributed by atoms with Crippen LogP contribution in [0, 0.1) is 5.82 Å². The molecule has 3 aromatic rings. The van der Waals surface area contributed by atoms with Crippen LogP contribution in [0.2, 0.25) is 0 Å². The number of rotatable bonds is 5. The molecule has 2 unspecified atom stereocenters. The van der Waals surface area contributed by atoms with Gasteiger partial charge in [-0.25, -0.2) is 4.39 Å². The van der Waals surface area contributed by atoms with Gasteiger partial charge in [-0.3, -0.25) is 4.90 Å². The molecular formula is C20H25FN8O. The van der Waals surface area contributed by atoms with Gasteiger partial charge in [-0.05, 0) is 50.6 Å². The second kappa shape index (κ2) is 8.31. The molecule has 10 heteroatoms. The van der Waals surface area contributed by atoms with Crippen molar-refractivity contribution >= 4 is 11.9 Å². The minimum absolute atomic E-state index is 0.0312. The Kier molecular flexibility index (Phi) is 5.58. The van der Waals surface area contributed by atoms with Crippen molar-refractivity contribution in [3.05, 3.63) is 41.8 Å². The lowest BCUT2D eigenvalue weighted by Gasteiger charge is -2.34. The van der Waals surface area contributed by atoms with Crippen LogP contribution in [0.1, 0.15) is 43.4 Å². The lowest BCUT2D eigenvalue weighted by atomic mass is 9.96. The van der Waals surface area contributed by atoms with Gasteiger partial charge >= 0.3 is 0 Å². The van der Waals surface area contributed by atoms with E-state index in [9.17, 15) is 4.39 Å². The molecule has 1 aliphatic rings. The first-order valence-electron chi connectivity index (χ1n) is 9.93. The number of nitrogens with two attached hydrogens (primary N) is 1. The van der Waals surface area contributed by atoms with Crippen LogP contribution in [-0.4, -0.2) is 57.2 Å². The molecule has 3 heterocycles. The largest absolute Gasteiger partial charge is 0.368 e. The summed E-state index contributed by atoms with van der Waals surface area (Å²) in [6.45, 7) is 3.73. The van der Waals surface area contributed by atoms with Crippen LogP contribution in [0.25, 0.3) is 11.4 Å². The number of nitrogen functional groups attached to an aromatic ring is 1. The van der Waals surface area contributed by atoms with Gasteiger partial charge in [0.05, 0.1) is 12.0 Å².